The van der Waals surface area contributed by atoms with E-state index in [1.807, 2.05) is 25.3 Å². The normalized spacial score (nSPS) is 11.8. The van der Waals surface area contributed by atoms with E-state index in [9.17, 15) is 0 Å². The van der Waals surface area contributed by atoms with Crippen LogP contribution in [0.5, 0.6) is 0 Å². The third kappa shape index (κ3) is 3.53. The lowest BCUT2D eigenvalue weighted by atomic mass is 9.94. The average molecular weight is 276 g/mol. The smallest absolute Gasteiger partial charge is 0.204 e. The van der Waals surface area contributed by atoms with E-state index in [1.54, 1.807) is 11.8 Å². The molecule has 19 heavy (non-hydrogen) atoms. The second kappa shape index (κ2) is 5.29. The molecule has 0 amide bonds. The van der Waals surface area contributed by atoms with Crippen LogP contribution in [0.25, 0.3) is 0 Å². The molecule has 0 aliphatic heterocycles. The molecule has 0 aliphatic rings. The lowest BCUT2D eigenvalue weighted by molar-refractivity contribution is 0.391. The van der Waals surface area contributed by atoms with Gasteiger partial charge in [-0.05, 0) is 30.7 Å². The molecule has 0 spiro atoms. The molecule has 0 unspecified atom stereocenters. The molecule has 0 radical (unpaired) electrons. The monoisotopic (exact) mass is 276 g/mol. The number of aromatic nitrogens is 1. The van der Waals surface area contributed by atoms with Crippen molar-refractivity contribution >= 4 is 17.4 Å². The zero-order valence-corrected chi connectivity index (χ0v) is 12.7. The molecule has 1 aromatic carbocycles. The van der Waals surface area contributed by atoms with Gasteiger partial charge in [0, 0.05) is 16.0 Å². The second-order valence-corrected chi connectivity index (χ2v) is 6.72. The first-order valence-electron chi connectivity index (χ1n) is 6.30. The Kier molecular flexibility index (Phi) is 3.90. The summed E-state index contributed by atoms with van der Waals surface area (Å²) in [6.45, 7) is 8.37. The number of nitrogen functional groups attached to an aromatic ring is 1. The highest BCUT2D eigenvalue weighted by atomic mass is 32.2. The summed E-state index contributed by atoms with van der Waals surface area (Å²) < 4.78 is 5.77. The number of benzene rings is 1. The first-order chi connectivity index (χ1) is 8.86. The van der Waals surface area contributed by atoms with E-state index in [1.165, 1.54) is 4.90 Å². The van der Waals surface area contributed by atoms with Gasteiger partial charge in [-0.15, -0.1) is 11.8 Å². The van der Waals surface area contributed by atoms with Gasteiger partial charge in [-0.3, -0.25) is 0 Å². The molecule has 2 aromatic rings. The van der Waals surface area contributed by atoms with Crippen LogP contribution in [0.2, 0.25) is 0 Å². The van der Waals surface area contributed by atoms with Crippen LogP contribution in [0.4, 0.5) is 5.69 Å². The minimum atomic E-state index is 0.00764. The van der Waals surface area contributed by atoms with E-state index in [4.69, 9.17) is 10.2 Å². The van der Waals surface area contributed by atoms with Crippen LogP contribution in [0.1, 0.15) is 38.0 Å². The van der Waals surface area contributed by atoms with Gasteiger partial charge in [-0.2, -0.15) is 0 Å². The molecule has 1 aromatic heterocycles. The first-order valence-corrected chi connectivity index (χ1v) is 7.29. The van der Waals surface area contributed by atoms with Crippen molar-refractivity contribution in [3.05, 3.63) is 41.6 Å². The van der Waals surface area contributed by atoms with Gasteiger partial charge in [0.05, 0.1) is 11.9 Å². The summed E-state index contributed by atoms with van der Waals surface area (Å²) in [5.74, 6) is 2.43. The summed E-state index contributed by atoms with van der Waals surface area (Å²) in [6.07, 6.45) is 1.82. The number of nitrogens with two attached hydrogens (primary N) is 1. The number of anilines is 1. The molecule has 102 valence electrons. The largest absolute Gasteiger partial charge is 0.444 e. The van der Waals surface area contributed by atoms with Crippen LogP contribution in [0, 0.1) is 6.92 Å². The van der Waals surface area contributed by atoms with Gasteiger partial charge < -0.3 is 10.2 Å². The molecule has 4 heteroatoms. The third-order valence-electron chi connectivity index (χ3n) is 2.90. The Bertz CT molecular complexity index is 570. The minimum Gasteiger partial charge on any atom is -0.444 e. The SMILES string of the molecule is Cc1cc(SCc2ncc(C(C)(C)C)o2)ccc1N. The van der Waals surface area contributed by atoms with E-state index in [0.29, 0.717) is 0 Å². The maximum atomic E-state index is 5.81. The standard InChI is InChI=1S/C15H20N2OS/c1-10-7-11(5-6-12(10)16)19-9-14-17-8-13(18-14)15(2,3)4/h5-8H,9,16H2,1-4H3. The predicted octanol–water partition coefficient (Wildman–Crippen LogP) is 4.16. The van der Waals surface area contributed by atoms with E-state index in [2.05, 4.69) is 31.8 Å². The number of aryl methyl sites for hydroxylation is 1. The van der Waals surface area contributed by atoms with E-state index >= 15 is 0 Å². The molecular weight excluding hydrogens is 256 g/mol. The fraction of sp³-hybridized carbons (Fsp3) is 0.400. The van der Waals surface area contributed by atoms with Crippen molar-refractivity contribution in [1.82, 2.24) is 4.98 Å². The Hall–Kier alpha value is -1.42. The molecule has 2 N–H and O–H groups in total. The minimum absolute atomic E-state index is 0.00764. The Morgan fingerprint density at radius 1 is 1.32 bits per heavy atom. The molecule has 0 fully saturated rings. The quantitative estimate of drug-likeness (QED) is 0.675. The lowest BCUT2D eigenvalue weighted by Crippen LogP contribution is -2.09. The van der Waals surface area contributed by atoms with Gasteiger partial charge in [0.2, 0.25) is 5.89 Å². The van der Waals surface area contributed by atoms with E-state index < -0.39 is 0 Å². The van der Waals surface area contributed by atoms with Gasteiger partial charge in [-0.1, -0.05) is 20.8 Å². The van der Waals surface area contributed by atoms with Crippen LogP contribution in [0.15, 0.2) is 33.7 Å². The Balaban J connectivity index is 2.02. The van der Waals surface area contributed by atoms with Gasteiger partial charge in [0.25, 0.3) is 0 Å². The third-order valence-corrected chi connectivity index (χ3v) is 3.87. The summed E-state index contributed by atoms with van der Waals surface area (Å²) >= 11 is 1.71. The van der Waals surface area contributed by atoms with E-state index in [0.717, 1.165) is 28.7 Å². The van der Waals surface area contributed by atoms with Gasteiger partial charge in [-0.25, -0.2) is 4.98 Å². The van der Waals surface area contributed by atoms with Crippen LogP contribution in [-0.4, -0.2) is 4.98 Å². The topological polar surface area (TPSA) is 52.0 Å². The van der Waals surface area contributed by atoms with Crippen molar-refractivity contribution in [2.45, 2.75) is 43.8 Å². The molecule has 0 aliphatic carbocycles. The summed E-state index contributed by atoms with van der Waals surface area (Å²) in [6, 6.07) is 6.06. The summed E-state index contributed by atoms with van der Waals surface area (Å²) in [4.78, 5) is 5.51. The first kappa shape index (κ1) is 14.0. The zero-order valence-electron chi connectivity index (χ0n) is 11.9. The number of hydrogen-bond donors (Lipinski definition) is 1. The number of hydrogen-bond acceptors (Lipinski definition) is 4. The van der Waals surface area contributed by atoms with Gasteiger partial charge in [0.15, 0.2) is 0 Å². The second-order valence-electron chi connectivity index (χ2n) is 5.68. The molecule has 1 heterocycles. The maximum Gasteiger partial charge on any atom is 0.204 e. The van der Waals surface area contributed by atoms with Crippen molar-refractivity contribution in [2.24, 2.45) is 0 Å². The summed E-state index contributed by atoms with van der Waals surface area (Å²) in [5.41, 5.74) is 7.75. The highest BCUT2D eigenvalue weighted by Gasteiger charge is 2.19. The molecule has 0 bridgehead atoms. The highest BCUT2D eigenvalue weighted by Crippen LogP contribution is 2.28. The molecular formula is C15H20N2OS. The summed E-state index contributed by atoms with van der Waals surface area (Å²) in [5, 5.41) is 0. The Labute approximate surface area is 118 Å². The predicted molar refractivity (Wildman–Crippen MR) is 80.4 cm³/mol. The summed E-state index contributed by atoms with van der Waals surface area (Å²) in [7, 11) is 0. The molecule has 0 atom stereocenters. The molecule has 2 rings (SSSR count). The number of oxazole rings is 1. The van der Waals surface area contributed by atoms with Crippen molar-refractivity contribution < 1.29 is 4.42 Å². The highest BCUT2D eigenvalue weighted by molar-refractivity contribution is 7.98. The van der Waals surface area contributed by atoms with E-state index in [-0.39, 0.29) is 5.41 Å². The fourth-order valence-electron chi connectivity index (χ4n) is 1.61. The van der Waals surface area contributed by atoms with Crippen molar-refractivity contribution in [2.75, 3.05) is 5.73 Å². The molecule has 0 saturated carbocycles. The van der Waals surface area contributed by atoms with Crippen LogP contribution in [0.3, 0.4) is 0 Å². The van der Waals surface area contributed by atoms with Crippen molar-refractivity contribution in [3.8, 4) is 0 Å². The number of nitrogens with zero attached hydrogens (tertiary/aromatic N) is 1. The van der Waals surface area contributed by atoms with Gasteiger partial charge >= 0.3 is 0 Å². The lowest BCUT2D eigenvalue weighted by Gasteiger charge is -2.13. The zero-order chi connectivity index (χ0) is 14.0. The van der Waals surface area contributed by atoms with Crippen molar-refractivity contribution in [1.29, 1.82) is 0 Å². The fourth-order valence-corrected chi connectivity index (χ4v) is 2.45. The average Bonchev–Trinajstić information content (AvgIpc) is 2.79. The maximum absolute atomic E-state index is 5.81. The number of thioether (sulfide) groups is 1. The Morgan fingerprint density at radius 3 is 2.63 bits per heavy atom. The Morgan fingerprint density at radius 2 is 2.05 bits per heavy atom. The van der Waals surface area contributed by atoms with Crippen LogP contribution in [-0.2, 0) is 11.2 Å². The molecule has 3 nitrogen and oxygen atoms in total. The van der Waals surface area contributed by atoms with Gasteiger partial charge in [0.1, 0.15) is 5.76 Å². The number of rotatable bonds is 3. The van der Waals surface area contributed by atoms with Crippen molar-refractivity contribution in [3.63, 3.8) is 0 Å². The molecule has 0 saturated heterocycles. The van der Waals surface area contributed by atoms with Crippen LogP contribution >= 0.6 is 11.8 Å². The van der Waals surface area contributed by atoms with Crippen LogP contribution < -0.4 is 5.73 Å².